The fraction of sp³-hybridized carbons (Fsp3) is 0.429. The van der Waals surface area contributed by atoms with Crippen LogP contribution in [0.4, 0.5) is 5.69 Å². The average molecular weight is 246 g/mol. The smallest absolute Gasteiger partial charge is 0.244 e. The van der Waals surface area contributed by atoms with E-state index >= 15 is 0 Å². The van der Waals surface area contributed by atoms with Gasteiger partial charge in [-0.1, -0.05) is 18.2 Å². The summed E-state index contributed by atoms with van der Waals surface area (Å²) in [4.78, 5) is 25.3. The van der Waals surface area contributed by atoms with Crippen LogP contribution >= 0.6 is 0 Å². The first-order valence-electron chi connectivity index (χ1n) is 6.19. The molecule has 0 aromatic heterocycles. The van der Waals surface area contributed by atoms with Crippen molar-refractivity contribution < 1.29 is 9.59 Å². The van der Waals surface area contributed by atoms with E-state index in [4.69, 9.17) is 0 Å². The molecule has 0 fully saturated rings. The van der Waals surface area contributed by atoms with Crippen molar-refractivity contribution in [2.75, 3.05) is 18.5 Å². The fourth-order valence-corrected chi connectivity index (χ4v) is 2.37. The Labute approximate surface area is 107 Å². The van der Waals surface area contributed by atoms with Crippen LogP contribution in [0, 0.1) is 0 Å². The van der Waals surface area contributed by atoms with Crippen molar-refractivity contribution in [3.05, 3.63) is 29.8 Å². The van der Waals surface area contributed by atoms with Gasteiger partial charge in [-0.3, -0.25) is 9.59 Å². The van der Waals surface area contributed by atoms with Crippen molar-refractivity contribution in [3.63, 3.8) is 0 Å². The second-order valence-electron chi connectivity index (χ2n) is 4.64. The monoisotopic (exact) mass is 246 g/mol. The van der Waals surface area contributed by atoms with E-state index in [9.17, 15) is 9.59 Å². The molecule has 1 aliphatic heterocycles. The lowest BCUT2D eigenvalue weighted by Crippen LogP contribution is -2.46. The lowest BCUT2D eigenvalue weighted by atomic mass is 10.1. The Balaban J connectivity index is 2.41. The van der Waals surface area contributed by atoms with Gasteiger partial charge in [-0.2, -0.15) is 0 Å². The van der Waals surface area contributed by atoms with Gasteiger partial charge in [0.15, 0.2) is 0 Å². The molecule has 2 rings (SSSR count). The van der Waals surface area contributed by atoms with E-state index in [2.05, 4.69) is 5.32 Å². The molecule has 0 saturated carbocycles. The van der Waals surface area contributed by atoms with Crippen LogP contribution in [0.1, 0.15) is 18.9 Å². The van der Waals surface area contributed by atoms with Gasteiger partial charge in [0.05, 0.1) is 12.6 Å². The Morgan fingerprint density at radius 3 is 2.83 bits per heavy atom. The minimum atomic E-state index is -0.211. The average Bonchev–Trinajstić information content (AvgIpc) is 2.48. The number of ketones is 1. The molecule has 1 aromatic carbocycles. The van der Waals surface area contributed by atoms with Crippen molar-refractivity contribution in [1.82, 2.24) is 5.32 Å². The number of amides is 1. The number of para-hydroxylation sites is 1. The van der Waals surface area contributed by atoms with Gasteiger partial charge in [0, 0.05) is 5.69 Å². The first kappa shape index (κ1) is 12.8. The normalized spacial score (nSPS) is 19.3. The number of fused-ring (bicyclic) bond motifs is 1. The van der Waals surface area contributed by atoms with Gasteiger partial charge in [-0.15, -0.1) is 0 Å². The summed E-state index contributed by atoms with van der Waals surface area (Å²) in [5.41, 5.74) is 2.00. The number of hydrogen-bond donors (Lipinski definition) is 1. The van der Waals surface area contributed by atoms with Crippen LogP contribution in [0.5, 0.6) is 0 Å². The minimum Gasteiger partial charge on any atom is -0.309 e. The summed E-state index contributed by atoms with van der Waals surface area (Å²) in [6.45, 7) is 1.66. The molecule has 1 aromatic rings. The second-order valence-corrected chi connectivity index (χ2v) is 4.64. The zero-order valence-electron chi connectivity index (χ0n) is 10.8. The molecule has 18 heavy (non-hydrogen) atoms. The van der Waals surface area contributed by atoms with Crippen LogP contribution in [0.15, 0.2) is 24.3 Å². The number of aryl methyl sites for hydroxylation is 1. The number of Topliss-reactive ketones (excluding diaryl/α,β-unsaturated/α-hetero) is 1. The summed E-state index contributed by atoms with van der Waals surface area (Å²) < 4.78 is 0. The summed E-state index contributed by atoms with van der Waals surface area (Å²) in [7, 11) is 1.78. The van der Waals surface area contributed by atoms with E-state index in [0.717, 1.165) is 24.1 Å². The topological polar surface area (TPSA) is 49.4 Å². The number of nitrogens with one attached hydrogen (secondary N) is 1. The molecule has 0 aliphatic carbocycles. The van der Waals surface area contributed by atoms with E-state index in [1.807, 2.05) is 24.3 Å². The van der Waals surface area contributed by atoms with Crippen molar-refractivity contribution in [2.24, 2.45) is 0 Å². The summed E-state index contributed by atoms with van der Waals surface area (Å²) in [5, 5.41) is 3.03. The third-order valence-electron chi connectivity index (χ3n) is 3.28. The highest BCUT2D eigenvalue weighted by atomic mass is 16.2. The number of hydrogen-bond acceptors (Lipinski definition) is 3. The van der Waals surface area contributed by atoms with Crippen LogP contribution in [-0.2, 0) is 16.0 Å². The predicted octanol–water partition coefficient (Wildman–Crippen LogP) is 1.14. The van der Waals surface area contributed by atoms with E-state index < -0.39 is 0 Å². The number of likely N-dealkylation sites (N-methyl/N-ethyl adjacent to an activating group) is 1. The van der Waals surface area contributed by atoms with Crippen LogP contribution in [0.2, 0.25) is 0 Å². The number of carbonyl (C=O) groups is 2. The number of benzene rings is 1. The number of nitrogens with zero attached hydrogens (tertiary/aromatic N) is 1. The molecule has 1 aliphatic rings. The maximum atomic E-state index is 12.4. The van der Waals surface area contributed by atoms with Crippen molar-refractivity contribution >= 4 is 17.4 Å². The fourth-order valence-electron chi connectivity index (χ4n) is 2.37. The third-order valence-corrected chi connectivity index (χ3v) is 3.28. The first-order valence-corrected chi connectivity index (χ1v) is 6.19. The molecule has 1 heterocycles. The Kier molecular flexibility index (Phi) is 3.77. The van der Waals surface area contributed by atoms with Crippen LogP contribution in [-0.4, -0.2) is 31.3 Å². The molecule has 1 N–H and O–H groups in total. The SMILES string of the molecule is CN[C@@H]1CCc2ccccc2N(CC(C)=O)C1=O. The summed E-state index contributed by atoms with van der Waals surface area (Å²) in [5.74, 6) is -0.0208. The highest BCUT2D eigenvalue weighted by molar-refractivity contribution is 6.02. The quantitative estimate of drug-likeness (QED) is 0.870. The maximum Gasteiger partial charge on any atom is 0.244 e. The summed E-state index contributed by atoms with van der Waals surface area (Å²) in [6.07, 6.45) is 1.61. The Bertz CT molecular complexity index is 471. The second kappa shape index (κ2) is 5.31. The van der Waals surface area contributed by atoms with E-state index in [0.29, 0.717) is 0 Å². The molecular weight excluding hydrogens is 228 g/mol. The molecule has 4 nitrogen and oxygen atoms in total. The number of anilines is 1. The number of rotatable bonds is 3. The van der Waals surface area contributed by atoms with E-state index in [1.165, 1.54) is 6.92 Å². The molecule has 0 unspecified atom stereocenters. The maximum absolute atomic E-state index is 12.4. The molecular formula is C14H18N2O2. The van der Waals surface area contributed by atoms with Crippen LogP contribution in [0.25, 0.3) is 0 Å². The van der Waals surface area contributed by atoms with Gasteiger partial charge < -0.3 is 10.2 Å². The molecule has 1 amide bonds. The number of carbonyl (C=O) groups excluding carboxylic acids is 2. The predicted molar refractivity (Wildman–Crippen MR) is 70.6 cm³/mol. The minimum absolute atomic E-state index is 0.00472. The van der Waals surface area contributed by atoms with Gasteiger partial charge in [0.1, 0.15) is 5.78 Å². The molecule has 96 valence electrons. The van der Waals surface area contributed by atoms with Gasteiger partial charge in [-0.25, -0.2) is 0 Å². The Hall–Kier alpha value is -1.68. The van der Waals surface area contributed by atoms with E-state index in [1.54, 1.807) is 11.9 Å². The van der Waals surface area contributed by atoms with Gasteiger partial charge in [0.25, 0.3) is 0 Å². The summed E-state index contributed by atoms with van der Waals surface area (Å²) >= 11 is 0. The lowest BCUT2D eigenvalue weighted by Gasteiger charge is -2.24. The molecule has 1 atom stereocenters. The molecule has 0 spiro atoms. The van der Waals surface area contributed by atoms with Crippen molar-refractivity contribution in [3.8, 4) is 0 Å². The van der Waals surface area contributed by atoms with Crippen LogP contribution in [0.3, 0.4) is 0 Å². The van der Waals surface area contributed by atoms with Gasteiger partial charge in [-0.05, 0) is 38.4 Å². The third kappa shape index (κ3) is 2.43. The standard InChI is InChI=1S/C14H18N2O2/c1-10(17)9-16-13-6-4-3-5-11(13)7-8-12(15-2)14(16)18/h3-6,12,15H,7-9H2,1-2H3/t12-/m1/s1. The van der Waals surface area contributed by atoms with E-state index in [-0.39, 0.29) is 24.3 Å². The van der Waals surface area contributed by atoms with Crippen molar-refractivity contribution in [2.45, 2.75) is 25.8 Å². The molecule has 0 saturated heterocycles. The highest BCUT2D eigenvalue weighted by Crippen LogP contribution is 2.26. The Morgan fingerprint density at radius 1 is 1.44 bits per heavy atom. The largest absolute Gasteiger partial charge is 0.309 e. The highest BCUT2D eigenvalue weighted by Gasteiger charge is 2.29. The van der Waals surface area contributed by atoms with Crippen molar-refractivity contribution in [1.29, 1.82) is 0 Å². The molecule has 4 heteroatoms. The molecule has 0 bridgehead atoms. The van der Waals surface area contributed by atoms with Gasteiger partial charge in [0.2, 0.25) is 5.91 Å². The van der Waals surface area contributed by atoms with Crippen LogP contribution < -0.4 is 10.2 Å². The summed E-state index contributed by atoms with van der Waals surface area (Å²) in [6, 6.07) is 7.59. The zero-order chi connectivity index (χ0) is 13.1. The van der Waals surface area contributed by atoms with Gasteiger partial charge >= 0.3 is 0 Å². The Morgan fingerprint density at radius 2 is 2.17 bits per heavy atom. The lowest BCUT2D eigenvalue weighted by molar-refractivity contribution is -0.123. The molecule has 0 radical (unpaired) electrons. The zero-order valence-corrected chi connectivity index (χ0v) is 10.8. The first-order chi connectivity index (χ1) is 8.63.